The summed E-state index contributed by atoms with van der Waals surface area (Å²) in [5.41, 5.74) is 11.6. The van der Waals surface area contributed by atoms with Crippen molar-refractivity contribution in [3.63, 3.8) is 0 Å². The lowest BCUT2D eigenvalue weighted by atomic mass is 10.0. The van der Waals surface area contributed by atoms with E-state index in [0.29, 0.717) is 24.2 Å². The number of nitrogens with two attached hydrogens (primary N) is 2. The normalized spacial score (nSPS) is 14.3. The molecule has 3 heterocycles. The van der Waals surface area contributed by atoms with Gasteiger partial charge in [0.2, 0.25) is 0 Å². The zero-order valence-electron chi connectivity index (χ0n) is 21.8. The number of hydrogen-bond donors (Lipinski definition) is 4. The minimum absolute atomic E-state index is 0.114. The Morgan fingerprint density at radius 2 is 1.75 bits per heavy atom. The van der Waals surface area contributed by atoms with Gasteiger partial charge in [-0.05, 0) is 42.4 Å². The second kappa shape index (κ2) is 12.1. The molecule has 0 aliphatic carbocycles. The highest BCUT2D eigenvalue weighted by Crippen LogP contribution is 2.33. The molecule has 1 amide bonds. The average Bonchev–Trinajstić information content (AvgIpc) is 2.92. The van der Waals surface area contributed by atoms with Gasteiger partial charge in [0.1, 0.15) is 17.5 Å². The molecule has 1 aliphatic rings. The van der Waals surface area contributed by atoms with Crippen molar-refractivity contribution in [3.05, 3.63) is 82.2 Å². The molecule has 0 spiro atoms. The molecule has 1 fully saturated rings. The molecular weight excluding hydrogens is 521 g/mol. The Hall–Kier alpha value is -4.47. The summed E-state index contributed by atoms with van der Waals surface area (Å²) in [4.78, 5) is 25.2. The maximum absolute atomic E-state index is 13.9. The van der Waals surface area contributed by atoms with E-state index in [-0.39, 0.29) is 40.7 Å². The van der Waals surface area contributed by atoms with Gasteiger partial charge in [-0.3, -0.25) is 15.1 Å². The number of anilines is 2. The molecule has 0 atom stereocenters. The standard InChI is InChI=1S/C28H29F3N8O/c1-2-38-9-11-39(12-10-38)17-21-6-5-20(15-23(21)28(29,30)31)27(40)37-24-14-18(7-8-35-24)3-4-19-13-22(25(32)33)26(34)36-16-19/h5-8,13-16H,2,9-12,17H2,1H3,(H3,32,33)(H2,34,36)(H,35,37,40). The number of aromatic nitrogens is 2. The first kappa shape index (κ1) is 28.5. The van der Waals surface area contributed by atoms with Crippen LogP contribution in [0.15, 0.2) is 48.8 Å². The summed E-state index contributed by atoms with van der Waals surface area (Å²) in [5.74, 6) is 5.05. The predicted molar refractivity (Wildman–Crippen MR) is 147 cm³/mol. The number of hydrogen-bond acceptors (Lipinski definition) is 7. The Kier molecular flexibility index (Phi) is 8.67. The minimum Gasteiger partial charge on any atom is -0.384 e. The van der Waals surface area contributed by atoms with Crippen LogP contribution in [0.25, 0.3) is 0 Å². The monoisotopic (exact) mass is 550 g/mol. The van der Waals surface area contributed by atoms with E-state index >= 15 is 0 Å². The largest absolute Gasteiger partial charge is 0.416 e. The summed E-state index contributed by atoms with van der Waals surface area (Å²) in [7, 11) is 0. The van der Waals surface area contributed by atoms with E-state index in [0.717, 1.165) is 25.7 Å². The Labute approximate surface area is 229 Å². The highest BCUT2D eigenvalue weighted by atomic mass is 19.4. The lowest BCUT2D eigenvalue weighted by Crippen LogP contribution is -2.45. The highest BCUT2D eigenvalue weighted by Gasteiger charge is 2.34. The first-order chi connectivity index (χ1) is 19.0. The fraction of sp³-hybridized carbons (Fsp3) is 0.286. The Morgan fingerprint density at radius 3 is 2.42 bits per heavy atom. The number of carbonyl (C=O) groups excluding carboxylic acids is 1. The molecule has 6 N–H and O–H groups in total. The summed E-state index contributed by atoms with van der Waals surface area (Å²) in [5, 5.41) is 10.1. The van der Waals surface area contributed by atoms with E-state index in [9.17, 15) is 18.0 Å². The molecule has 40 heavy (non-hydrogen) atoms. The molecule has 9 nitrogen and oxygen atoms in total. The molecule has 1 aliphatic heterocycles. The number of benzene rings is 1. The molecular formula is C28H29F3N8O. The second-order valence-electron chi connectivity index (χ2n) is 9.28. The minimum atomic E-state index is -4.61. The van der Waals surface area contributed by atoms with E-state index in [1.54, 1.807) is 6.07 Å². The third-order valence-corrected chi connectivity index (χ3v) is 6.54. The number of nitrogens with zero attached hydrogens (tertiary/aromatic N) is 4. The quantitative estimate of drug-likeness (QED) is 0.210. The van der Waals surface area contributed by atoms with E-state index < -0.39 is 17.6 Å². The van der Waals surface area contributed by atoms with Crippen LogP contribution in [-0.2, 0) is 12.7 Å². The average molecular weight is 551 g/mol. The summed E-state index contributed by atoms with van der Waals surface area (Å²) in [6.45, 7) is 6.13. The summed E-state index contributed by atoms with van der Waals surface area (Å²) < 4.78 is 41.8. The summed E-state index contributed by atoms with van der Waals surface area (Å²) in [6.07, 6.45) is -1.75. The number of piperazine rings is 1. The number of alkyl halides is 3. The van der Waals surface area contributed by atoms with Gasteiger partial charge in [0.05, 0.1) is 11.1 Å². The second-order valence-corrected chi connectivity index (χ2v) is 9.28. The van der Waals surface area contributed by atoms with Crippen LogP contribution in [0.3, 0.4) is 0 Å². The zero-order valence-corrected chi connectivity index (χ0v) is 21.8. The third kappa shape index (κ3) is 7.13. The van der Waals surface area contributed by atoms with Crippen molar-refractivity contribution in [2.24, 2.45) is 5.73 Å². The fourth-order valence-electron chi connectivity index (χ4n) is 4.29. The topological polar surface area (TPSA) is 137 Å². The molecule has 2 aromatic heterocycles. The lowest BCUT2D eigenvalue weighted by molar-refractivity contribution is -0.138. The number of amides is 1. The Bertz CT molecular complexity index is 1470. The molecule has 4 rings (SSSR count). The number of carbonyl (C=O) groups is 1. The van der Waals surface area contributed by atoms with Crippen LogP contribution >= 0.6 is 0 Å². The van der Waals surface area contributed by atoms with Gasteiger partial charge in [0.25, 0.3) is 5.91 Å². The molecule has 0 unspecified atom stereocenters. The molecule has 12 heteroatoms. The van der Waals surface area contributed by atoms with Crippen LogP contribution in [0.4, 0.5) is 24.8 Å². The lowest BCUT2D eigenvalue weighted by Gasteiger charge is -2.34. The van der Waals surface area contributed by atoms with Crippen molar-refractivity contribution in [1.29, 1.82) is 5.41 Å². The number of rotatable bonds is 6. The molecule has 0 bridgehead atoms. The van der Waals surface area contributed by atoms with Crippen LogP contribution in [0, 0.1) is 17.3 Å². The molecule has 1 saturated heterocycles. The smallest absolute Gasteiger partial charge is 0.384 e. The molecule has 208 valence electrons. The van der Waals surface area contributed by atoms with Gasteiger partial charge < -0.3 is 21.7 Å². The van der Waals surface area contributed by atoms with Gasteiger partial charge in [0.15, 0.2) is 0 Å². The van der Waals surface area contributed by atoms with Gasteiger partial charge in [-0.15, -0.1) is 0 Å². The Balaban J connectivity index is 1.49. The van der Waals surface area contributed by atoms with Gasteiger partial charge in [-0.25, -0.2) is 9.97 Å². The summed E-state index contributed by atoms with van der Waals surface area (Å²) in [6, 6.07) is 8.29. The SMILES string of the molecule is CCN1CCN(Cc2ccc(C(=O)Nc3cc(C#Cc4cnc(N)c(C(=N)N)c4)ccn3)cc2C(F)(F)F)CC1. The molecule has 0 radical (unpaired) electrons. The fourth-order valence-corrected chi connectivity index (χ4v) is 4.29. The van der Waals surface area contributed by atoms with Gasteiger partial charge in [0, 0.05) is 61.8 Å². The first-order valence-electron chi connectivity index (χ1n) is 12.6. The number of nitrogen functional groups attached to an aromatic ring is 2. The van der Waals surface area contributed by atoms with E-state index in [4.69, 9.17) is 16.9 Å². The zero-order chi connectivity index (χ0) is 28.9. The third-order valence-electron chi connectivity index (χ3n) is 6.54. The van der Waals surface area contributed by atoms with Crippen molar-refractivity contribution in [1.82, 2.24) is 19.8 Å². The Morgan fingerprint density at radius 1 is 1.05 bits per heavy atom. The van der Waals surface area contributed by atoms with Gasteiger partial charge >= 0.3 is 6.18 Å². The van der Waals surface area contributed by atoms with Crippen LogP contribution in [0.2, 0.25) is 0 Å². The maximum Gasteiger partial charge on any atom is 0.416 e. The number of halogens is 3. The van der Waals surface area contributed by atoms with Crippen molar-refractivity contribution in [2.75, 3.05) is 43.8 Å². The van der Waals surface area contributed by atoms with Gasteiger partial charge in [-0.2, -0.15) is 13.2 Å². The number of likely N-dealkylation sites (N-methyl/N-ethyl adjacent to an activating group) is 1. The first-order valence-corrected chi connectivity index (χ1v) is 12.6. The predicted octanol–water partition coefficient (Wildman–Crippen LogP) is 3.15. The maximum atomic E-state index is 13.9. The van der Waals surface area contributed by atoms with Crippen LogP contribution in [0.1, 0.15) is 45.1 Å². The van der Waals surface area contributed by atoms with E-state index in [1.165, 1.54) is 36.7 Å². The molecule has 3 aromatic rings. The van der Waals surface area contributed by atoms with E-state index in [1.807, 2.05) is 4.90 Å². The van der Waals surface area contributed by atoms with Crippen LogP contribution in [0.5, 0.6) is 0 Å². The number of pyridine rings is 2. The molecule has 1 aromatic carbocycles. The van der Waals surface area contributed by atoms with E-state index in [2.05, 4.69) is 38.9 Å². The van der Waals surface area contributed by atoms with Crippen molar-refractivity contribution < 1.29 is 18.0 Å². The van der Waals surface area contributed by atoms with Crippen LogP contribution < -0.4 is 16.8 Å². The summed E-state index contributed by atoms with van der Waals surface area (Å²) >= 11 is 0. The van der Waals surface area contributed by atoms with Gasteiger partial charge in [-0.1, -0.05) is 24.8 Å². The highest BCUT2D eigenvalue weighted by molar-refractivity contribution is 6.04. The van der Waals surface area contributed by atoms with Crippen molar-refractivity contribution >= 4 is 23.4 Å². The van der Waals surface area contributed by atoms with Crippen molar-refractivity contribution in [2.45, 2.75) is 19.6 Å². The van der Waals surface area contributed by atoms with Crippen molar-refractivity contribution in [3.8, 4) is 11.8 Å². The number of nitrogens with one attached hydrogen (secondary N) is 2. The number of amidine groups is 1. The molecule has 0 saturated carbocycles. The van der Waals surface area contributed by atoms with Crippen LogP contribution in [-0.4, -0.2) is 64.2 Å².